The molecule has 1 N–H and O–H groups in total. The standard InChI is InChI=1S/C9H15NO3S/c11-9-4-5-14(12,13)6-8(10-9)7-2-1-3-7/h7-8H,1-6H2,(H,10,11). The van der Waals surface area contributed by atoms with E-state index < -0.39 is 9.84 Å². The van der Waals surface area contributed by atoms with Crippen LogP contribution in [0.25, 0.3) is 0 Å². The molecule has 0 spiro atoms. The van der Waals surface area contributed by atoms with E-state index in [1.54, 1.807) is 0 Å². The summed E-state index contributed by atoms with van der Waals surface area (Å²) in [7, 11) is -3.01. The van der Waals surface area contributed by atoms with Crippen LogP contribution in [0, 0.1) is 5.92 Å². The Morgan fingerprint density at radius 3 is 2.57 bits per heavy atom. The zero-order valence-electron chi connectivity index (χ0n) is 8.03. The third-order valence-corrected chi connectivity index (χ3v) is 4.83. The highest BCUT2D eigenvalue weighted by Gasteiger charge is 2.34. The van der Waals surface area contributed by atoms with Crippen LogP contribution in [0.2, 0.25) is 0 Å². The molecule has 4 nitrogen and oxygen atoms in total. The van der Waals surface area contributed by atoms with Crippen LogP contribution in [0.15, 0.2) is 0 Å². The maximum Gasteiger partial charge on any atom is 0.221 e. The van der Waals surface area contributed by atoms with Gasteiger partial charge in [0, 0.05) is 12.5 Å². The van der Waals surface area contributed by atoms with Crippen molar-refractivity contribution in [3.05, 3.63) is 0 Å². The summed E-state index contributed by atoms with van der Waals surface area (Å²) >= 11 is 0. The monoisotopic (exact) mass is 217 g/mol. The minimum absolute atomic E-state index is 0.0159. The molecule has 5 heteroatoms. The van der Waals surface area contributed by atoms with Crippen molar-refractivity contribution in [1.82, 2.24) is 5.32 Å². The Labute approximate surface area is 84.0 Å². The van der Waals surface area contributed by atoms with Gasteiger partial charge in [0.1, 0.15) is 0 Å². The highest BCUT2D eigenvalue weighted by molar-refractivity contribution is 7.91. The molecule has 80 valence electrons. The van der Waals surface area contributed by atoms with Crippen molar-refractivity contribution in [2.24, 2.45) is 5.92 Å². The van der Waals surface area contributed by atoms with Crippen LogP contribution in [-0.2, 0) is 14.6 Å². The Morgan fingerprint density at radius 1 is 1.29 bits per heavy atom. The first kappa shape index (κ1) is 9.96. The Hall–Kier alpha value is -0.580. The van der Waals surface area contributed by atoms with Gasteiger partial charge in [-0.2, -0.15) is 0 Å². The number of carbonyl (C=O) groups is 1. The number of carbonyl (C=O) groups excluding carboxylic acids is 1. The first-order chi connectivity index (χ1) is 6.57. The van der Waals surface area contributed by atoms with E-state index >= 15 is 0 Å². The highest BCUT2D eigenvalue weighted by atomic mass is 32.2. The number of nitrogens with one attached hydrogen (secondary N) is 1. The van der Waals surface area contributed by atoms with Crippen molar-refractivity contribution in [2.45, 2.75) is 31.7 Å². The topological polar surface area (TPSA) is 63.2 Å². The molecule has 0 bridgehead atoms. The molecule has 1 atom stereocenters. The van der Waals surface area contributed by atoms with Crippen molar-refractivity contribution in [1.29, 1.82) is 0 Å². The van der Waals surface area contributed by atoms with Gasteiger partial charge in [0.15, 0.2) is 9.84 Å². The zero-order valence-corrected chi connectivity index (χ0v) is 8.85. The molecule has 0 aromatic heterocycles. The lowest BCUT2D eigenvalue weighted by atomic mass is 9.80. The molecule has 0 radical (unpaired) electrons. The molecule has 2 aliphatic rings. The van der Waals surface area contributed by atoms with Crippen LogP contribution in [0.5, 0.6) is 0 Å². The highest BCUT2D eigenvalue weighted by Crippen LogP contribution is 2.31. The molecule has 1 saturated carbocycles. The zero-order chi connectivity index (χ0) is 10.2. The van der Waals surface area contributed by atoms with Gasteiger partial charge in [0.25, 0.3) is 0 Å². The van der Waals surface area contributed by atoms with E-state index in [2.05, 4.69) is 5.32 Å². The second-order valence-corrected chi connectivity index (χ2v) is 6.46. The predicted octanol–water partition coefficient (Wildman–Crippen LogP) is 0.0898. The SMILES string of the molecule is O=C1CCS(=O)(=O)CC(C2CCC2)N1. The number of sulfone groups is 1. The van der Waals surface area contributed by atoms with E-state index in [4.69, 9.17) is 0 Å². The molecule has 1 aliphatic carbocycles. The summed E-state index contributed by atoms with van der Waals surface area (Å²) in [6.45, 7) is 0. The molecule has 0 aromatic carbocycles. The second-order valence-electron chi connectivity index (χ2n) is 4.23. The third kappa shape index (κ3) is 2.08. The summed E-state index contributed by atoms with van der Waals surface area (Å²) in [6, 6.07) is -0.122. The minimum Gasteiger partial charge on any atom is -0.352 e. The van der Waals surface area contributed by atoms with Gasteiger partial charge in [-0.3, -0.25) is 4.79 Å². The molecule has 14 heavy (non-hydrogen) atoms. The molecule has 2 rings (SSSR count). The van der Waals surface area contributed by atoms with Crippen LogP contribution in [0.3, 0.4) is 0 Å². The van der Waals surface area contributed by atoms with Gasteiger partial charge in [-0.05, 0) is 18.8 Å². The summed E-state index contributed by atoms with van der Waals surface area (Å²) in [5.41, 5.74) is 0. The minimum atomic E-state index is -3.01. The molecule has 1 heterocycles. The molecule has 2 fully saturated rings. The predicted molar refractivity (Wildman–Crippen MR) is 52.5 cm³/mol. The largest absolute Gasteiger partial charge is 0.352 e. The molecule has 1 saturated heterocycles. The fraction of sp³-hybridized carbons (Fsp3) is 0.889. The summed E-state index contributed by atoms with van der Waals surface area (Å²) in [5, 5.41) is 2.82. The van der Waals surface area contributed by atoms with Gasteiger partial charge in [-0.15, -0.1) is 0 Å². The second kappa shape index (κ2) is 3.53. The smallest absolute Gasteiger partial charge is 0.221 e. The lowest BCUT2D eigenvalue weighted by Crippen LogP contribution is -2.44. The van der Waals surface area contributed by atoms with Gasteiger partial charge < -0.3 is 5.32 Å². The number of hydrogen-bond acceptors (Lipinski definition) is 3. The Balaban J connectivity index is 2.10. The normalized spacial score (nSPS) is 32.9. The summed E-state index contributed by atoms with van der Waals surface area (Å²) in [6.07, 6.45) is 3.41. The maximum atomic E-state index is 11.5. The number of amides is 1. The molecule has 0 aromatic rings. The van der Waals surface area contributed by atoms with Gasteiger partial charge >= 0.3 is 0 Å². The maximum absolute atomic E-state index is 11.5. The summed E-state index contributed by atoms with van der Waals surface area (Å²) in [5.74, 6) is 0.445. The first-order valence-corrected chi connectivity index (χ1v) is 6.89. The lowest BCUT2D eigenvalue weighted by molar-refractivity contribution is -0.121. The summed E-state index contributed by atoms with van der Waals surface area (Å²) < 4.78 is 23.0. The summed E-state index contributed by atoms with van der Waals surface area (Å²) in [4.78, 5) is 11.3. The van der Waals surface area contributed by atoms with E-state index in [1.165, 1.54) is 0 Å². The fourth-order valence-corrected chi connectivity index (χ4v) is 3.59. The molecule has 1 aliphatic heterocycles. The van der Waals surface area contributed by atoms with Gasteiger partial charge in [0.2, 0.25) is 5.91 Å². The third-order valence-electron chi connectivity index (χ3n) is 3.14. The van der Waals surface area contributed by atoms with Crippen molar-refractivity contribution in [3.8, 4) is 0 Å². The fourth-order valence-electron chi connectivity index (χ4n) is 2.02. The number of hydrogen-bond donors (Lipinski definition) is 1. The van der Waals surface area contributed by atoms with Crippen LogP contribution >= 0.6 is 0 Å². The van der Waals surface area contributed by atoms with Gasteiger partial charge in [-0.1, -0.05) is 6.42 Å². The van der Waals surface area contributed by atoms with Crippen LogP contribution in [0.4, 0.5) is 0 Å². The van der Waals surface area contributed by atoms with E-state index in [-0.39, 0.29) is 29.9 Å². The molecule has 1 amide bonds. The lowest BCUT2D eigenvalue weighted by Gasteiger charge is -2.32. The van der Waals surface area contributed by atoms with E-state index in [0.29, 0.717) is 5.92 Å². The number of rotatable bonds is 1. The van der Waals surface area contributed by atoms with Crippen molar-refractivity contribution < 1.29 is 13.2 Å². The van der Waals surface area contributed by atoms with Gasteiger partial charge in [-0.25, -0.2) is 8.42 Å². The van der Waals surface area contributed by atoms with Crippen molar-refractivity contribution >= 4 is 15.7 Å². The quantitative estimate of drug-likeness (QED) is 0.677. The van der Waals surface area contributed by atoms with Gasteiger partial charge in [0.05, 0.1) is 11.5 Å². The van der Waals surface area contributed by atoms with E-state index in [9.17, 15) is 13.2 Å². The van der Waals surface area contributed by atoms with Crippen molar-refractivity contribution in [2.75, 3.05) is 11.5 Å². The van der Waals surface area contributed by atoms with Crippen LogP contribution < -0.4 is 5.32 Å². The average molecular weight is 217 g/mol. The van der Waals surface area contributed by atoms with E-state index in [1.807, 2.05) is 0 Å². The Bertz CT molecular complexity index is 332. The Morgan fingerprint density at radius 2 is 2.00 bits per heavy atom. The Kier molecular flexibility index (Phi) is 2.51. The van der Waals surface area contributed by atoms with E-state index in [0.717, 1.165) is 19.3 Å². The molecular weight excluding hydrogens is 202 g/mol. The molecule has 1 unspecified atom stereocenters. The first-order valence-electron chi connectivity index (χ1n) is 5.07. The van der Waals surface area contributed by atoms with Crippen LogP contribution in [-0.4, -0.2) is 31.9 Å². The average Bonchev–Trinajstić information content (AvgIpc) is 2.07. The van der Waals surface area contributed by atoms with Crippen molar-refractivity contribution in [3.63, 3.8) is 0 Å². The molecular formula is C9H15NO3S. The van der Waals surface area contributed by atoms with Crippen LogP contribution in [0.1, 0.15) is 25.7 Å².